The Hall–Kier alpha value is -1.69. The molecular weight excluding hydrogens is 410 g/mol. The fourth-order valence-electron chi connectivity index (χ4n) is 5.64. The molecule has 1 N–H and O–H groups in total. The van der Waals surface area contributed by atoms with Gasteiger partial charge in [0, 0.05) is 15.5 Å². The molecule has 0 atom stereocenters. The largest absolute Gasteiger partial charge is 0.456 e. The standard InChI is InChI=1S/C21H24BrNO4/c22-17-3-1-16(2-4-17)18(24)12-27-19(25)11-23-20(26)21-8-13-5-14(9-21)7-15(6-13)10-21/h1-4,13-15H,5-12H2,(H,23,26). The van der Waals surface area contributed by atoms with Gasteiger partial charge in [-0.1, -0.05) is 28.1 Å². The van der Waals surface area contributed by atoms with E-state index in [0.717, 1.165) is 23.7 Å². The number of ether oxygens (including phenoxy) is 1. The van der Waals surface area contributed by atoms with E-state index in [-0.39, 0.29) is 30.3 Å². The molecule has 4 fully saturated rings. The van der Waals surface area contributed by atoms with Crippen LogP contribution in [0.15, 0.2) is 28.7 Å². The Labute approximate surface area is 167 Å². The molecule has 4 bridgehead atoms. The van der Waals surface area contributed by atoms with Crippen molar-refractivity contribution in [2.75, 3.05) is 13.2 Å². The Morgan fingerprint density at radius 2 is 1.56 bits per heavy atom. The zero-order valence-electron chi connectivity index (χ0n) is 15.2. The van der Waals surface area contributed by atoms with Gasteiger partial charge >= 0.3 is 5.97 Å². The molecule has 4 aliphatic carbocycles. The molecular formula is C21H24BrNO4. The van der Waals surface area contributed by atoms with Crippen molar-refractivity contribution in [1.82, 2.24) is 5.32 Å². The highest BCUT2D eigenvalue weighted by Crippen LogP contribution is 2.60. The second-order valence-corrected chi connectivity index (χ2v) is 9.39. The molecule has 1 aromatic carbocycles. The molecule has 0 aromatic heterocycles. The van der Waals surface area contributed by atoms with Crippen LogP contribution in [0.3, 0.4) is 0 Å². The molecule has 144 valence electrons. The summed E-state index contributed by atoms with van der Waals surface area (Å²) in [5.74, 6) is 1.20. The van der Waals surface area contributed by atoms with Crippen molar-refractivity contribution in [3.8, 4) is 0 Å². The van der Waals surface area contributed by atoms with Crippen molar-refractivity contribution < 1.29 is 19.1 Å². The number of carbonyl (C=O) groups is 3. The van der Waals surface area contributed by atoms with E-state index in [1.807, 2.05) is 0 Å². The zero-order valence-corrected chi connectivity index (χ0v) is 16.8. The number of amides is 1. The summed E-state index contributed by atoms with van der Waals surface area (Å²) in [6, 6.07) is 6.88. The number of benzene rings is 1. The number of esters is 1. The van der Waals surface area contributed by atoms with Gasteiger partial charge in [-0.15, -0.1) is 0 Å². The van der Waals surface area contributed by atoms with E-state index in [2.05, 4.69) is 21.2 Å². The maximum Gasteiger partial charge on any atom is 0.325 e. The van der Waals surface area contributed by atoms with Gasteiger partial charge in [-0.3, -0.25) is 14.4 Å². The summed E-state index contributed by atoms with van der Waals surface area (Å²) >= 11 is 3.31. The molecule has 0 aliphatic heterocycles. The number of nitrogens with one attached hydrogen (secondary N) is 1. The van der Waals surface area contributed by atoms with Crippen LogP contribution in [0.4, 0.5) is 0 Å². The molecule has 0 saturated heterocycles. The van der Waals surface area contributed by atoms with E-state index < -0.39 is 5.97 Å². The number of carbonyl (C=O) groups excluding carboxylic acids is 3. The lowest BCUT2D eigenvalue weighted by Crippen LogP contribution is -2.54. The third-order valence-electron chi connectivity index (χ3n) is 6.44. The van der Waals surface area contributed by atoms with Gasteiger partial charge in [-0.05, 0) is 68.4 Å². The second kappa shape index (κ2) is 7.38. The van der Waals surface area contributed by atoms with Gasteiger partial charge in [0.2, 0.25) is 5.91 Å². The highest BCUT2D eigenvalue weighted by atomic mass is 79.9. The number of halogens is 1. The van der Waals surface area contributed by atoms with Gasteiger partial charge in [0.25, 0.3) is 0 Å². The van der Waals surface area contributed by atoms with Crippen LogP contribution in [0.1, 0.15) is 48.9 Å². The fourth-order valence-corrected chi connectivity index (χ4v) is 5.91. The molecule has 4 aliphatic rings. The molecule has 0 radical (unpaired) electrons. The predicted octanol–water partition coefficient (Wildman–Crippen LogP) is 3.51. The van der Waals surface area contributed by atoms with Crippen LogP contribution in [-0.2, 0) is 14.3 Å². The zero-order chi connectivity index (χ0) is 19.0. The van der Waals surface area contributed by atoms with Crippen LogP contribution in [0, 0.1) is 23.2 Å². The first-order valence-corrected chi connectivity index (χ1v) is 10.5. The van der Waals surface area contributed by atoms with E-state index in [1.54, 1.807) is 24.3 Å². The Bertz CT molecular complexity index is 723. The topological polar surface area (TPSA) is 72.5 Å². The maximum absolute atomic E-state index is 12.8. The average Bonchev–Trinajstić information content (AvgIpc) is 2.63. The third-order valence-corrected chi connectivity index (χ3v) is 6.97. The van der Waals surface area contributed by atoms with Crippen molar-refractivity contribution in [1.29, 1.82) is 0 Å². The van der Waals surface area contributed by atoms with Crippen molar-refractivity contribution in [2.24, 2.45) is 23.2 Å². The molecule has 5 nitrogen and oxygen atoms in total. The molecule has 0 spiro atoms. The van der Waals surface area contributed by atoms with Crippen LogP contribution >= 0.6 is 15.9 Å². The van der Waals surface area contributed by atoms with Crippen molar-refractivity contribution >= 4 is 33.6 Å². The molecule has 0 heterocycles. The highest BCUT2D eigenvalue weighted by Gasteiger charge is 2.54. The van der Waals surface area contributed by atoms with Gasteiger partial charge in [0.1, 0.15) is 6.54 Å². The van der Waals surface area contributed by atoms with Crippen LogP contribution in [0.5, 0.6) is 0 Å². The minimum absolute atomic E-state index is 0.00205. The van der Waals surface area contributed by atoms with Gasteiger partial charge in [-0.2, -0.15) is 0 Å². The van der Waals surface area contributed by atoms with E-state index in [0.29, 0.717) is 23.3 Å². The second-order valence-electron chi connectivity index (χ2n) is 8.47. The van der Waals surface area contributed by atoms with Gasteiger partial charge in [0.15, 0.2) is 12.4 Å². The van der Waals surface area contributed by atoms with E-state index >= 15 is 0 Å². The lowest BCUT2D eigenvalue weighted by molar-refractivity contribution is -0.150. The summed E-state index contributed by atoms with van der Waals surface area (Å²) in [6.07, 6.45) is 6.69. The first-order valence-electron chi connectivity index (χ1n) is 9.66. The molecule has 1 amide bonds. The van der Waals surface area contributed by atoms with E-state index in [4.69, 9.17) is 4.74 Å². The third kappa shape index (κ3) is 3.96. The van der Waals surface area contributed by atoms with Crippen molar-refractivity contribution in [2.45, 2.75) is 38.5 Å². The SMILES string of the molecule is O=C(CNC(=O)C12CC3CC(CC(C3)C1)C2)OCC(=O)c1ccc(Br)cc1. The first-order chi connectivity index (χ1) is 12.9. The highest BCUT2D eigenvalue weighted by molar-refractivity contribution is 9.10. The molecule has 1 aromatic rings. The van der Waals surface area contributed by atoms with Crippen LogP contribution in [-0.4, -0.2) is 30.8 Å². The van der Waals surface area contributed by atoms with Gasteiger partial charge in [0.05, 0.1) is 0 Å². The Morgan fingerprint density at radius 1 is 1.00 bits per heavy atom. The summed E-state index contributed by atoms with van der Waals surface area (Å²) in [4.78, 5) is 36.8. The fraction of sp³-hybridized carbons (Fsp3) is 0.571. The number of hydrogen-bond donors (Lipinski definition) is 1. The van der Waals surface area contributed by atoms with Crippen LogP contribution in [0.2, 0.25) is 0 Å². The van der Waals surface area contributed by atoms with Crippen molar-refractivity contribution in [3.63, 3.8) is 0 Å². The monoisotopic (exact) mass is 433 g/mol. The number of Topliss-reactive ketones (excluding diaryl/α,β-unsaturated/α-hetero) is 1. The summed E-state index contributed by atoms with van der Waals surface area (Å²) in [5, 5.41) is 2.78. The molecule has 6 heteroatoms. The normalized spacial score (nSPS) is 30.8. The minimum Gasteiger partial charge on any atom is -0.456 e. The lowest BCUT2D eigenvalue weighted by Gasteiger charge is -2.55. The number of hydrogen-bond acceptors (Lipinski definition) is 4. The first kappa shape index (κ1) is 18.7. The predicted molar refractivity (Wildman–Crippen MR) is 103 cm³/mol. The Kier molecular flexibility index (Phi) is 5.10. The van der Waals surface area contributed by atoms with E-state index in [9.17, 15) is 14.4 Å². The Balaban J connectivity index is 1.25. The number of rotatable bonds is 6. The van der Waals surface area contributed by atoms with E-state index in [1.165, 1.54) is 19.3 Å². The lowest BCUT2D eigenvalue weighted by atomic mass is 9.49. The van der Waals surface area contributed by atoms with Crippen molar-refractivity contribution in [3.05, 3.63) is 34.3 Å². The molecule has 5 rings (SSSR count). The average molecular weight is 434 g/mol. The maximum atomic E-state index is 12.8. The molecule has 4 saturated carbocycles. The summed E-state index contributed by atoms with van der Waals surface area (Å²) in [6.45, 7) is -0.484. The van der Waals surface area contributed by atoms with Crippen LogP contribution in [0.25, 0.3) is 0 Å². The smallest absolute Gasteiger partial charge is 0.325 e. The summed E-state index contributed by atoms with van der Waals surface area (Å²) < 4.78 is 5.92. The number of ketones is 1. The van der Waals surface area contributed by atoms with Crippen LogP contribution < -0.4 is 5.32 Å². The quantitative estimate of drug-likeness (QED) is 0.550. The van der Waals surface area contributed by atoms with Gasteiger partial charge in [-0.25, -0.2) is 0 Å². The minimum atomic E-state index is -0.571. The van der Waals surface area contributed by atoms with Gasteiger partial charge < -0.3 is 10.1 Å². The molecule has 27 heavy (non-hydrogen) atoms. The molecule has 0 unspecified atom stereocenters. The summed E-state index contributed by atoms with van der Waals surface area (Å²) in [7, 11) is 0. The Morgan fingerprint density at radius 3 is 2.11 bits per heavy atom. The summed E-state index contributed by atoms with van der Waals surface area (Å²) in [5.41, 5.74) is 0.214.